The second-order valence-electron chi connectivity index (χ2n) is 3.51. The number of rotatable bonds is 3. The van der Waals surface area contributed by atoms with Crippen LogP contribution in [0.2, 0.25) is 5.02 Å². The molecule has 98 valence electrons. The largest absolute Gasteiger partial charge is 0.480 e. The summed E-state index contributed by atoms with van der Waals surface area (Å²) in [6.45, 7) is 0. The van der Waals surface area contributed by atoms with E-state index in [1.165, 1.54) is 31.4 Å². The number of carbonyl (C=O) groups excluding carboxylic acids is 1. The van der Waals surface area contributed by atoms with E-state index in [1.54, 1.807) is 0 Å². The maximum absolute atomic E-state index is 13.9. The Kier molecular flexibility index (Phi) is 4.11. The molecule has 0 aliphatic heterocycles. The SMILES string of the molecule is COc1ccc(C(=O)c2ccc(Br)c(Cl)c2F)nn1. The third kappa shape index (κ3) is 2.74. The van der Waals surface area contributed by atoms with E-state index in [-0.39, 0.29) is 22.2 Å². The molecule has 0 aliphatic rings. The molecule has 0 saturated carbocycles. The lowest BCUT2D eigenvalue weighted by molar-refractivity contribution is 0.102. The summed E-state index contributed by atoms with van der Waals surface area (Å²) < 4.78 is 19.1. The normalized spacial score (nSPS) is 10.3. The fourth-order valence-electron chi connectivity index (χ4n) is 1.39. The van der Waals surface area contributed by atoms with Crippen LogP contribution in [0.3, 0.4) is 0 Å². The molecule has 1 heterocycles. The molecular formula is C12H7BrClFN2O2. The molecule has 0 amide bonds. The van der Waals surface area contributed by atoms with Gasteiger partial charge in [0.1, 0.15) is 5.69 Å². The molecule has 0 unspecified atom stereocenters. The van der Waals surface area contributed by atoms with E-state index in [2.05, 4.69) is 26.1 Å². The Balaban J connectivity index is 2.41. The lowest BCUT2D eigenvalue weighted by Crippen LogP contribution is -2.08. The van der Waals surface area contributed by atoms with Crippen molar-refractivity contribution >= 4 is 33.3 Å². The van der Waals surface area contributed by atoms with Crippen LogP contribution in [-0.2, 0) is 0 Å². The highest BCUT2D eigenvalue weighted by Gasteiger charge is 2.19. The van der Waals surface area contributed by atoms with Crippen LogP contribution < -0.4 is 4.74 Å². The van der Waals surface area contributed by atoms with Crippen LogP contribution in [0.4, 0.5) is 4.39 Å². The number of hydrogen-bond donors (Lipinski definition) is 0. The van der Waals surface area contributed by atoms with Gasteiger partial charge in [-0.15, -0.1) is 10.2 Å². The van der Waals surface area contributed by atoms with Crippen molar-refractivity contribution in [2.24, 2.45) is 0 Å². The van der Waals surface area contributed by atoms with Crippen molar-refractivity contribution in [3.63, 3.8) is 0 Å². The number of benzene rings is 1. The summed E-state index contributed by atoms with van der Waals surface area (Å²) in [6.07, 6.45) is 0. The Morgan fingerprint density at radius 2 is 2.05 bits per heavy atom. The van der Waals surface area contributed by atoms with Crippen LogP contribution in [-0.4, -0.2) is 23.1 Å². The van der Waals surface area contributed by atoms with Gasteiger partial charge in [-0.3, -0.25) is 4.79 Å². The quantitative estimate of drug-likeness (QED) is 0.633. The topological polar surface area (TPSA) is 52.1 Å². The molecule has 1 aromatic heterocycles. The number of aromatic nitrogens is 2. The van der Waals surface area contributed by atoms with Crippen molar-refractivity contribution in [1.29, 1.82) is 0 Å². The number of nitrogens with zero attached hydrogens (tertiary/aromatic N) is 2. The third-order valence-corrected chi connectivity index (χ3v) is 3.62. The number of halogens is 3. The lowest BCUT2D eigenvalue weighted by atomic mass is 10.1. The molecule has 0 saturated heterocycles. The maximum atomic E-state index is 13.9. The second kappa shape index (κ2) is 5.63. The molecule has 0 spiro atoms. The van der Waals surface area contributed by atoms with Gasteiger partial charge in [-0.05, 0) is 34.1 Å². The van der Waals surface area contributed by atoms with E-state index in [0.717, 1.165) is 0 Å². The van der Waals surface area contributed by atoms with Gasteiger partial charge in [0.05, 0.1) is 17.7 Å². The van der Waals surface area contributed by atoms with Crippen molar-refractivity contribution < 1.29 is 13.9 Å². The number of ketones is 1. The van der Waals surface area contributed by atoms with E-state index < -0.39 is 11.6 Å². The maximum Gasteiger partial charge on any atom is 0.233 e. The number of ether oxygens (including phenoxy) is 1. The zero-order chi connectivity index (χ0) is 14.0. The molecule has 2 rings (SSSR count). The van der Waals surface area contributed by atoms with Gasteiger partial charge < -0.3 is 4.74 Å². The summed E-state index contributed by atoms with van der Waals surface area (Å²) >= 11 is 8.81. The van der Waals surface area contributed by atoms with Gasteiger partial charge >= 0.3 is 0 Å². The van der Waals surface area contributed by atoms with Crippen LogP contribution in [0.25, 0.3) is 0 Å². The minimum absolute atomic E-state index is 0.0121. The predicted octanol–water partition coefficient (Wildman–Crippen LogP) is 3.27. The zero-order valence-corrected chi connectivity index (χ0v) is 12.0. The van der Waals surface area contributed by atoms with E-state index in [0.29, 0.717) is 4.47 Å². The van der Waals surface area contributed by atoms with Crippen molar-refractivity contribution in [2.45, 2.75) is 0 Å². The highest BCUT2D eigenvalue weighted by Crippen LogP contribution is 2.28. The smallest absolute Gasteiger partial charge is 0.233 e. The van der Waals surface area contributed by atoms with Crippen LogP contribution in [0.1, 0.15) is 16.1 Å². The number of carbonyl (C=O) groups is 1. The summed E-state index contributed by atoms with van der Waals surface area (Å²) in [5.74, 6) is -1.12. The summed E-state index contributed by atoms with van der Waals surface area (Å²) in [5.41, 5.74) is -0.147. The second-order valence-corrected chi connectivity index (χ2v) is 4.75. The van der Waals surface area contributed by atoms with Gasteiger partial charge in [-0.1, -0.05) is 11.6 Å². The zero-order valence-electron chi connectivity index (χ0n) is 9.65. The van der Waals surface area contributed by atoms with E-state index >= 15 is 0 Å². The highest BCUT2D eigenvalue weighted by atomic mass is 79.9. The Morgan fingerprint density at radius 3 is 2.63 bits per heavy atom. The highest BCUT2D eigenvalue weighted by molar-refractivity contribution is 9.10. The molecular weight excluding hydrogens is 338 g/mol. The summed E-state index contributed by atoms with van der Waals surface area (Å²) in [6, 6.07) is 5.71. The molecule has 7 heteroatoms. The van der Waals surface area contributed by atoms with Gasteiger partial charge in [0.2, 0.25) is 11.7 Å². The monoisotopic (exact) mass is 344 g/mol. The van der Waals surface area contributed by atoms with Gasteiger partial charge in [0, 0.05) is 10.5 Å². The first-order valence-electron chi connectivity index (χ1n) is 5.10. The Morgan fingerprint density at radius 1 is 1.32 bits per heavy atom. The molecule has 0 N–H and O–H groups in total. The molecule has 0 fully saturated rings. The lowest BCUT2D eigenvalue weighted by Gasteiger charge is -2.05. The minimum Gasteiger partial charge on any atom is -0.480 e. The Hall–Kier alpha value is -1.53. The van der Waals surface area contributed by atoms with Gasteiger partial charge in [-0.2, -0.15) is 0 Å². The molecule has 4 nitrogen and oxygen atoms in total. The molecule has 0 aliphatic carbocycles. The van der Waals surface area contributed by atoms with Gasteiger partial charge in [0.25, 0.3) is 0 Å². The molecule has 1 aromatic carbocycles. The average Bonchev–Trinajstić information content (AvgIpc) is 2.44. The number of methoxy groups -OCH3 is 1. The first-order chi connectivity index (χ1) is 9.04. The van der Waals surface area contributed by atoms with Crippen molar-refractivity contribution in [2.75, 3.05) is 7.11 Å². The predicted molar refractivity (Wildman–Crippen MR) is 71.1 cm³/mol. The van der Waals surface area contributed by atoms with Crippen LogP contribution in [0, 0.1) is 5.82 Å². The van der Waals surface area contributed by atoms with Crippen molar-refractivity contribution in [1.82, 2.24) is 10.2 Å². The fourth-order valence-corrected chi connectivity index (χ4v) is 1.86. The molecule has 0 radical (unpaired) electrons. The van der Waals surface area contributed by atoms with E-state index in [9.17, 15) is 9.18 Å². The summed E-state index contributed by atoms with van der Waals surface area (Å²) in [7, 11) is 1.43. The van der Waals surface area contributed by atoms with Crippen LogP contribution in [0.15, 0.2) is 28.7 Å². The molecule has 0 atom stereocenters. The standard InChI is InChI=1S/C12H7BrClFN2O2/c1-19-9-5-4-8(16-17-9)12(18)6-2-3-7(13)10(14)11(6)15/h2-5H,1H3. The van der Waals surface area contributed by atoms with E-state index in [4.69, 9.17) is 16.3 Å². The minimum atomic E-state index is -0.793. The number of hydrogen-bond acceptors (Lipinski definition) is 4. The molecule has 0 bridgehead atoms. The van der Waals surface area contributed by atoms with Gasteiger partial charge in [-0.25, -0.2) is 4.39 Å². The first-order valence-corrected chi connectivity index (χ1v) is 6.27. The Labute approximate surface area is 121 Å². The van der Waals surface area contributed by atoms with Crippen molar-refractivity contribution in [3.05, 3.63) is 50.8 Å². The average molecular weight is 346 g/mol. The molecule has 19 heavy (non-hydrogen) atoms. The first kappa shape index (κ1) is 13.9. The Bertz CT molecular complexity index is 634. The van der Waals surface area contributed by atoms with Crippen LogP contribution >= 0.6 is 27.5 Å². The van der Waals surface area contributed by atoms with Crippen LogP contribution in [0.5, 0.6) is 5.88 Å². The summed E-state index contributed by atoms with van der Waals surface area (Å²) in [4.78, 5) is 12.1. The third-order valence-electron chi connectivity index (χ3n) is 2.36. The van der Waals surface area contributed by atoms with Gasteiger partial charge in [0.15, 0.2) is 5.82 Å². The molecule has 2 aromatic rings. The summed E-state index contributed by atoms with van der Waals surface area (Å²) in [5, 5.41) is 7.18. The fraction of sp³-hybridized carbons (Fsp3) is 0.0833. The van der Waals surface area contributed by atoms with Crippen molar-refractivity contribution in [3.8, 4) is 5.88 Å². The van der Waals surface area contributed by atoms with E-state index in [1.807, 2.05) is 0 Å².